The first-order chi connectivity index (χ1) is 16.6. The number of hydrogen-bond acceptors (Lipinski definition) is 2. The summed E-state index contributed by atoms with van der Waals surface area (Å²) < 4.78 is 6.09. The SMILES string of the molecule is C=C(CCCCCC)C1=C2CCC[C@]23CC(=O)[C@]1(CCCCOc1ccc2ccccc2c1)C3. The Balaban J connectivity index is 1.22. The van der Waals surface area contributed by atoms with Gasteiger partial charge in [0.1, 0.15) is 11.5 Å². The fourth-order valence-corrected chi connectivity index (χ4v) is 7.30. The number of rotatable bonds is 12. The maximum absolute atomic E-state index is 13.5. The number of unbranched alkanes of at least 4 members (excludes halogenated alkanes) is 4. The largest absolute Gasteiger partial charge is 0.494 e. The summed E-state index contributed by atoms with van der Waals surface area (Å²) in [6.07, 6.45) is 14.6. The third-order valence-electron chi connectivity index (χ3n) is 8.85. The van der Waals surface area contributed by atoms with Gasteiger partial charge in [0.05, 0.1) is 12.0 Å². The summed E-state index contributed by atoms with van der Waals surface area (Å²) in [7, 11) is 0. The second-order valence-corrected chi connectivity index (χ2v) is 11.1. The molecule has 0 saturated heterocycles. The molecule has 2 heteroatoms. The van der Waals surface area contributed by atoms with E-state index < -0.39 is 0 Å². The highest BCUT2D eigenvalue weighted by molar-refractivity contribution is 5.95. The minimum Gasteiger partial charge on any atom is -0.494 e. The summed E-state index contributed by atoms with van der Waals surface area (Å²) in [4.78, 5) is 13.5. The van der Waals surface area contributed by atoms with Crippen LogP contribution in [0.5, 0.6) is 5.75 Å². The third kappa shape index (κ3) is 4.14. The van der Waals surface area contributed by atoms with E-state index in [4.69, 9.17) is 4.74 Å². The molecule has 0 aliphatic heterocycles. The first-order valence-electron chi connectivity index (χ1n) is 13.7. The molecule has 1 spiro atoms. The predicted octanol–water partition coefficient (Wildman–Crippen LogP) is 8.75. The Kier molecular flexibility index (Phi) is 6.69. The van der Waals surface area contributed by atoms with Gasteiger partial charge >= 0.3 is 0 Å². The van der Waals surface area contributed by atoms with Gasteiger partial charge in [0.25, 0.3) is 0 Å². The average molecular weight is 457 g/mol. The molecule has 2 atom stereocenters. The Labute approximate surface area is 205 Å². The van der Waals surface area contributed by atoms with Crippen molar-refractivity contribution in [2.24, 2.45) is 10.8 Å². The van der Waals surface area contributed by atoms with Crippen LogP contribution in [0.1, 0.15) is 90.4 Å². The van der Waals surface area contributed by atoms with Crippen LogP contribution in [0.25, 0.3) is 10.8 Å². The van der Waals surface area contributed by atoms with Crippen molar-refractivity contribution in [1.82, 2.24) is 0 Å². The van der Waals surface area contributed by atoms with E-state index in [-0.39, 0.29) is 10.8 Å². The Morgan fingerprint density at radius 3 is 2.74 bits per heavy atom. The molecule has 0 unspecified atom stereocenters. The number of Topliss-reactive ketones (excluding diaryl/α,β-unsaturated/α-hetero) is 1. The minimum atomic E-state index is -0.236. The normalized spacial score (nSPS) is 25.4. The lowest BCUT2D eigenvalue weighted by Gasteiger charge is -2.32. The second-order valence-electron chi connectivity index (χ2n) is 11.1. The van der Waals surface area contributed by atoms with Gasteiger partial charge in [-0.15, -0.1) is 0 Å². The second kappa shape index (κ2) is 9.72. The van der Waals surface area contributed by atoms with Crippen molar-refractivity contribution in [3.63, 3.8) is 0 Å². The average Bonchev–Trinajstić information content (AvgIpc) is 3.45. The molecular weight excluding hydrogens is 416 g/mol. The van der Waals surface area contributed by atoms with Gasteiger partial charge in [-0.3, -0.25) is 4.79 Å². The van der Waals surface area contributed by atoms with Crippen molar-refractivity contribution in [2.45, 2.75) is 90.4 Å². The fraction of sp³-hybridized carbons (Fsp3) is 0.531. The number of carbonyl (C=O) groups excluding carboxylic acids is 1. The maximum atomic E-state index is 13.5. The molecule has 0 heterocycles. The minimum absolute atomic E-state index is 0.195. The summed E-state index contributed by atoms with van der Waals surface area (Å²) in [5.41, 5.74) is 4.31. The molecule has 180 valence electrons. The highest BCUT2D eigenvalue weighted by Gasteiger charge is 2.64. The molecule has 2 bridgehead atoms. The number of ketones is 1. The van der Waals surface area contributed by atoms with Crippen LogP contribution in [-0.2, 0) is 4.79 Å². The van der Waals surface area contributed by atoms with Gasteiger partial charge in [-0.1, -0.05) is 74.2 Å². The Hall–Kier alpha value is -2.35. The van der Waals surface area contributed by atoms with Gasteiger partial charge in [0.15, 0.2) is 0 Å². The zero-order valence-corrected chi connectivity index (χ0v) is 21.0. The van der Waals surface area contributed by atoms with Crippen molar-refractivity contribution in [2.75, 3.05) is 6.61 Å². The molecule has 2 fully saturated rings. The maximum Gasteiger partial charge on any atom is 0.144 e. The molecule has 34 heavy (non-hydrogen) atoms. The quantitative estimate of drug-likeness (QED) is 0.298. The van der Waals surface area contributed by atoms with Crippen molar-refractivity contribution in [3.8, 4) is 5.75 Å². The van der Waals surface area contributed by atoms with Gasteiger partial charge in [0.2, 0.25) is 0 Å². The Morgan fingerprint density at radius 2 is 1.88 bits per heavy atom. The van der Waals surface area contributed by atoms with E-state index in [9.17, 15) is 4.79 Å². The van der Waals surface area contributed by atoms with E-state index >= 15 is 0 Å². The molecule has 3 aliphatic carbocycles. The van der Waals surface area contributed by atoms with Crippen LogP contribution >= 0.6 is 0 Å². The lowest BCUT2D eigenvalue weighted by Crippen LogP contribution is -2.30. The van der Waals surface area contributed by atoms with E-state index in [0.717, 1.165) is 44.3 Å². The predicted molar refractivity (Wildman–Crippen MR) is 141 cm³/mol. The van der Waals surface area contributed by atoms with Crippen molar-refractivity contribution < 1.29 is 9.53 Å². The molecule has 0 aromatic heterocycles. The molecule has 0 radical (unpaired) electrons. The topological polar surface area (TPSA) is 26.3 Å². The van der Waals surface area contributed by atoms with E-state index in [1.807, 2.05) is 0 Å². The van der Waals surface area contributed by atoms with E-state index in [1.54, 1.807) is 5.57 Å². The smallest absolute Gasteiger partial charge is 0.144 e. The van der Waals surface area contributed by atoms with E-state index in [2.05, 4.69) is 56.0 Å². The van der Waals surface area contributed by atoms with Crippen molar-refractivity contribution in [3.05, 3.63) is 65.8 Å². The molecule has 0 amide bonds. The van der Waals surface area contributed by atoms with Crippen molar-refractivity contribution in [1.29, 1.82) is 0 Å². The first-order valence-corrected chi connectivity index (χ1v) is 13.7. The van der Waals surface area contributed by atoms with E-state index in [0.29, 0.717) is 12.4 Å². The Bertz CT molecular complexity index is 1110. The number of fused-ring (bicyclic) bond motifs is 2. The molecule has 5 rings (SSSR count). The summed E-state index contributed by atoms with van der Waals surface area (Å²) in [5.74, 6) is 1.45. The van der Waals surface area contributed by atoms with E-state index in [1.165, 1.54) is 66.9 Å². The van der Waals surface area contributed by atoms with Gasteiger partial charge in [-0.05, 0) is 86.3 Å². The molecule has 2 aromatic rings. The number of hydrogen-bond donors (Lipinski definition) is 0. The number of benzene rings is 2. The zero-order valence-electron chi connectivity index (χ0n) is 21.0. The van der Waals surface area contributed by atoms with Crippen LogP contribution in [0, 0.1) is 10.8 Å². The lowest BCUT2D eigenvalue weighted by atomic mass is 9.70. The Morgan fingerprint density at radius 1 is 1.03 bits per heavy atom. The fourth-order valence-electron chi connectivity index (χ4n) is 7.30. The van der Waals surface area contributed by atoms with Crippen molar-refractivity contribution >= 4 is 16.6 Å². The molecule has 2 saturated carbocycles. The summed E-state index contributed by atoms with van der Waals surface area (Å²) in [6.45, 7) is 7.53. The summed E-state index contributed by atoms with van der Waals surface area (Å²) in [6, 6.07) is 14.7. The molecule has 3 aliphatic rings. The number of ether oxygens (including phenoxy) is 1. The highest BCUT2D eigenvalue weighted by Crippen LogP contribution is 2.70. The highest BCUT2D eigenvalue weighted by atomic mass is 16.5. The number of carbonyl (C=O) groups is 1. The van der Waals surface area contributed by atoms with Gasteiger partial charge in [-0.25, -0.2) is 0 Å². The monoisotopic (exact) mass is 456 g/mol. The van der Waals surface area contributed by atoms with Gasteiger partial charge in [-0.2, -0.15) is 0 Å². The van der Waals surface area contributed by atoms with Gasteiger partial charge < -0.3 is 4.74 Å². The summed E-state index contributed by atoms with van der Waals surface area (Å²) >= 11 is 0. The van der Waals surface area contributed by atoms with Crippen LogP contribution in [0.4, 0.5) is 0 Å². The van der Waals surface area contributed by atoms with Crippen LogP contribution < -0.4 is 4.74 Å². The van der Waals surface area contributed by atoms with Gasteiger partial charge in [0, 0.05) is 11.8 Å². The molecular formula is C32H40O2. The molecule has 2 nitrogen and oxygen atoms in total. The zero-order chi connectivity index (χ0) is 23.6. The summed E-state index contributed by atoms with van der Waals surface area (Å²) in [5, 5.41) is 2.46. The lowest BCUT2D eigenvalue weighted by molar-refractivity contribution is -0.124. The van der Waals surface area contributed by atoms with Crippen LogP contribution in [0.3, 0.4) is 0 Å². The van der Waals surface area contributed by atoms with Crippen LogP contribution in [-0.4, -0.2) is 12.4 Å². The standard InChI is InChI=1S/C32H40O2/c1-3-4-5-6-12-24(2)30-28-15-11-18-31(28)22-29(33)32(30,23-31)19-9-10-20-34-27-17-16-25-13-7-8-14-26(25)21-27/h7-8,13-14,16-17,21H,2-6,9-12,15,18-20,22-23H2,1H3/t31-,32+/m1/s1. The van der Waals surface area contributed by atoms with Crippen LogP contribution in [0.2, 0.25) is 0 Å². The first kappa shape index (κ1) is 23.4. The number of allylic oxidation sites excluding steroid dienone is 3. The molecule has 2 aromatic carbocycles. The molecule has 0 N–H and O–H groups in total. The van der Waals surface area contributed by atoms with Crippen LogP contribution in [0.15, 0.2) is 65.8 Å². The third-order valence-corrected chi connectivity index (χ3v) is 8.85.